The Morgan fingerprint density at radius 2 is 1.91 bits per heavy atom. The molecule has 4 aromatic rings. The summed E-state index contributed by atoms with van der Waals surface area (Å²) in [4.78, 5) is 11.3. The first-order valence-corrected chi connectivity index (χ1v) is 11.1. The van der Waals surface area contributed by atoms with E-state index in [1.54, 1.807) is 18.2 Å². The number of hydrogen-bond donors (Lipinski definition) is 2. The lowest BCUT2D eigenvalue weighted by molar-refractivity contribution is -0.136. The summed E-state index contributed by atoms with van der Waals surface area (Å²) in [5.74, 6) is -0.703. The van der Waals surface area contributed by atoms with Gasteiger partial charge in [-0.1, -0.05) is 36.4 Å². The molecular weight excluding hydrogens is 428 g/mol. The number of ether oxygens (including phenoxy) is 1. The van der Waals surface area contributed by atoms with Gasteiger partial charge in [-0.3, -0.25) is 9.48 Å². The van der Waals surface area contributed by atoms with E-state index < -0.39 is 5.97 Å². The highest BCUT2D eigenvalue weighted by molar-refractivity contribution is 5.87. The van der Waals surface area contributed by atoms with Crippen molar-refractivity contribution < 1.29 is 14.6 Å². The summed E-state index contributed by atoms with van der Waals surface area (Å²) >= 11 is 0. The van der Waals surface area contributed by atoms with Gasteiger partial charge in [-0.25, -0.2) is 0 Å². The first-order chi connectivity index (χ1) is 16.4. The van der Waals surface area contributed by atoms with E-state index in [1.807, 2.05) is 22.9 Å². The van der Waals surface area contributed by atoms with Crippen molar-refractivity contribution in [2.24, 2.45) is 5.73 Å². The lowest BCUT2D eigenvalue weighted by Crippen LogP contribution is -2.07. The van der Waals surface area contributed by atoms with Crippen LogP contribution in [0.5, 0.6) is 5.75 Å². The normalized spacial score (nSPS) is 11.0. The van der Waals surface area contributed by atoms with Gasteiger partial charge in [0.25, 0.3) is 0 Å². The van der Waals surface area contributed by atoms with Crippen molar-refractivity contribution in [2.45, 2.75) is 39.5 Å². The predicted molar refractivity (Wildman–Crippen MR) is 130 cm³/mol. The molecule has 0 atom stereocenters. The number of aliphatic carboxylic acids is 1. The van der Waals surface area contributed by atoms with Crippen molar-refractivity contribution in [3.63, 3.8) is 0 Å². The smallest absolute Gasteiger partial charge is 0.307 e. The summed E-state index contributed by atoms with van der Waals surface area (Å²) in [6.45, 7) is 4.70. The van der Waals surface area contributed by atoms with Gasteiger partial charge >= 0.3 is 5.97 Å². The molecule has 0 unspecified atom stereocenters. The van der Waals surface area contributed by atoms with Gasteiger partial charge in [0.15, 0.2) is 0 Å². The number of nitriles is 1. The monoisotopic (exact) mass is 454 g/mol. The number of carbonyl (C=O) groups is 1. The van der Waals surface area contributed by atoms with Crippen LogP contribution in [-0.4, -0.2) is 20.9 Å². The molecule has 0 aliphatic carbocycles. The van der Waals surface area contributed by atoms with E-state index in [-0.39, 0.29) is 24.8 Å². The Morgan fingerprint density at radius 3 is 2.62 bits per heavy atom. The third-order valence-corrected chi connectivity index (χ3v) is 5.68. The fraction of sp³-hybridized carbons (Fsp3) is 0.222. The third-order valence-electron chi connectivity index (χ3n) is 5.68. The minimum atomic E-state index is -0.987. The van der Waals surface area contributed by atoms with Crippen LogP contribution in [0.25, 0.3) is 22.0 Å². The SMILES string of the molecule is CC(C)n1nc(COc2c(C#N)cccc2CC(=O)O)c2cc(-c3cccc(CN)c3)ccc21. The lowest BCUT2D eigenvalue weighted by atomic mass is 10.0. The molecule has 34 heavy (non-hydrogen) atoms. The maximum atomic E-state index is 11.3. The molecule has 0 amide bonds. The Hall–Kier alpha value is -4.15. The highest BCUT2D eigenvalue weighted by Crippen LogP contribution is 2.31. The van der Waals surface area contributed by atoms with Crippen LogP contribution in [0.4, 0.5) is 0 Å². The molecule has 0 spiro atoms. The average molecular weight is 455 g/mol. The van der Waals surface area contributed by atoms with Crippen LogP contribution in [-0.2, 0) is 24.4 Å². The standard InChI is InChI=1S/C27H26N4O3/c1-17(2)31-25-10-9-20(19-6-3-5-18(11-19)14-28)12-23(25)24(30-31)16-34-27-21(13-26(32)33)7-4-8-22(27)15-29/h3-12,17H,13-14,16,28H2,1-2H3,(H,32,33). The molecule has 0 aliphatic rings. The average Bonchev–Trinajstić information content (AvgIpc) is 3.21. The molecule has 1 aromatic heterocycles. The van der Waals surface area contributed by atoms with Crippen molar-refractivity contribution in [1.82, 2.24) is 9.78 Å². The quantitative estimate of drug-likeness (QED) is 0.394. The van der Waals surface area contributed by atoms with Gasteiger partial charge in [-0.05, 0) is 54.8 Å². The van der Waals surface area contributed by atoms with Crippen LogP contribution in [0, 0.1) is 11.3 Å². The van der Waals surface area contributed by atoms with E-state index in [2.05, 4.69) is 44.2 Å². The molecule has 0 aliphatic heterocycles. The van der Waals surface area contributed by atoms with Crippen LogP contribution < -0.4 is 10.5 Å². The van der Waals surface area contributed by atoms with Gasteiger partial charge in [-0.15, -0.1) is 0 Å². The summed E-state index contributed by atoms with van der Waals surface area (Å²) < 4.78 is 8.00. The van der Waals surface area contributed by atoms with Crippen molar-refractivity contribution in [3.05, 3.63) is 83.0 Å². The lowest BCUT2D eigenvalue weighted by Gasteiger charge is -2.11. The number of nitrogens with two attached hydrogens (primary N) is 1. The minimum Gasteiger partial charge on any atom is -0.486 e. The number of hydrogen-bond acceptors (Lipinski definition) is 5. The van der Waals surface area contributed by atoms with Gasteiger partial charge in [0.05, 0.1) is 17.5 Å². The molecule has 3 aromatic carbocycles. The van der Waals surface area contributed by atoms with Crippen molar-refractivity contribution in [2.75, 3.05) is 0 Å². The summed E-state index contributed by atoms with van der Waals surface area (Å²) in [6.07, 6.45) is -0.229. The predicted octanol–water partition coefficient (Wildman–Crippen LogP) is 4.82. The topological polar surface area (TPSA) is 114 Å². The summed E-state index contributed by atoms with van der Waals surface area (Å²) in [5, 5.41) is 24.5. The van der Waals surface area contributed by atoms with E-state index in [1.165, 1.54) is 0 Å². The molecule has 7 heteroatoms. The van der Waals surface area contributed by atoms with Gasteiger partial charge in [-0.2, -0.15) is 10.4 Å². The molecule has 0 saturated heterocycles. The van der Waals surface area contributed by atoms with E-state index in [4.69, 9.17) is 15.6 Å². The molecular formula is C27H26N4O3. The summed E-state index contributed by atoms with van der Waals surface area (Å²) in [7, 11) is 0. The number of carboxylic acid groups (broad SMARTS) is 1. The number of rotatable bonds is 8. The van der Waals surface area contributed by atoms with Gasteiger partial charge in [0.1, 0.15) is 24.1 Å². The van der Waals surface area contributed by atoms with Gasteiger partial charge in [0.2, 0.25) is 0 Å². The van der Waals surface area contributed by atoms with Crippen LogP contribution >= 0.6 is 0 Å². The van der Waals surface area contributed by atoms with Crippen LogP contribution in [0.3, 0.4) is 0 Å². The summed E-state index contributed by atoms with van der Waals surface area (Å²) in [6, 6.07) is 21.5. The molecule has 172 valence electrons. The molecule has 4 rings (SSSR count). The first kappa shape index (κ1) is 23.0. The van der Waals surface area contributed by atoms with E-state index in [0.29, 0.717) is 17.7 Å². The van der Waals surface area contributed by atoms with Crippen molar-refractivity contribution in [3.8, 4) is 22.9 Å². The number of carboxylic acids is 1. The molecule has 3 N–H and O–H groups in total. The highest BCUT2D eigenvalue weighted by Gasteiger charge is 2.17. The fourth-order valence-corrected chi connectivity index (χ4v) is 4.05. The van der Waals surface area contributed by atoms with E-state index in [9.17, 15) is 15.2 Å². The molecule has 0 fully saturated rings. The maximum absolute atomic E-state index is 11.3. The van der Waals surface area contributed by atoms with E-state index in [0.717, 1.165) is 33.3 Å². The largest absolute Gasteiger partial charge is 0.486 e. The Balaban J connectivity index is 1.76. The Morgan fingerprint density at radius 1 is 1.15 bits per heavy atom. The molecule has 0 radical (unpaired) electrons. The molecule has 0 bridgehead atoms. The third kappa shape index (κ3) is 4.63. The number of aromatic nitrogens is 2. The van der Waals surface area contributed by atoms with Crippen LogP contribution in [0.2, 0.25) is 0 Å². The highest BCUT2D eigenvalue weighted by atomic mass is 16.5. The molecule has 7 nitrogen and oxygen atoms in total. The minimum absolute atomic E-state index is 0.105. The number of fused-ring (bicyclic) bond motifs is 1. The van der Waals surface area contributed by atoms with E-state index >= 15 is 0 Å². The fourth-order valence-electron chi connectivity index (χ4n) is 4.05. The van der Waals surface area contributed by atoms with Gasteiger partial charge < -0.3 is 15.6 Å². The second-order valence-electron chi connectivity index (χ2n) is 8.39. The Bertz CT molecular complexity index is 1400. The van der Waals surface area contributed by atoms with Crippen LogP contribution in [0.1, 0.15) is 42.3 Å². The summed E-state index contributed by atoms with van der Waals surface area (Å²) in [5.41, 5.74) is 11.4. The number of benzene rings is 3. The Labute approximate surface area is 198 Å². The second kappa shape index (κ2) is 9.77. The molecule has 1 heterocycles. The maximum Gasteiger partial charge on any atom is 0.307 e. The number of nitrogens with zero attached hydrogens (tertiary/aromatic N) is 3. The zero-order valence-corrected chi connectivity index (χ0v) is 19.2. The first-order valence-electron chi connectivity index (χ1n) is 11.1. The molecule has 0 saturated carbocycles. The zero-order valence-electron chi connectivity index (χ0n) is 19.2. The Kier molecular flexibility index (Phi) is 6.62. The van der Waals surface area contributed by atoms with Crippen molar-refractivity contribution >= 4 is 16.9 Å². The van der Waals surface area contributed by atoms with Crippen LogP contribution in [0.15, 0.2) is 60.7 Å². The van der Waals surface area contributed by atoms with Gasteiger partial charge in [0, 0.05) is 23.5 Å². The second-order valence-corrected chi connectivity index (χ2v) is 8.39. The zero-order chi connectivity index (χ0) is 24.2. The number of para-hydroxylation sites is 1. The van der Waals surface area contributed by atoms with Crippen molar-refractivity contribution in [1.29, 1.82) is 5.26 Å².